The molecule has 9 nitrogen and oxygen atoms in total. The third kappa shape index (κ3) is 9.86. The van der Waals surface area contributed by atoms with Gasteiger partial charge in [-0.15, -0.1) is 0 Å². The van der Waals surface area contributed by atoms with E-state index in [0.717, 1.165) is 18.9 Å². The highest BCUT2D eigenvalue weighted by atomic mass is 19.4. The second-order valence-corrected chi connectivity index (χ2v) is 11.1. The summed E-state index contributed by atoms with van der Waals surface area (Å²) in [7, 11) is 0. The lowest BCUT2D eigenvalue weighted by atomic mass is 10.0. The number of carboxylic acids is 2. The number of carbonyl (C=O) groups excluding carboxylic acids is 1. The first kappa shape index (κ1) is 35.7. The molecule has 1 aliphatic carbocycles. The predicted molar refractivity (Wildman–Crippen MR) is 143 cm³/mol. The fourth-order valence-corrected chi connectivity index (χ4v) is 5.45. The molecule has 4 rings (SSSR count). The van der Waals surface area contributed by atoms with Crippen molar-refractivity contribution in [3.8, 4) is 11.3 Å². The van der Waals surface area contributed by atoms with Crippen LogP contribution in [0, 0.1) is 0 Å². The third-order valence-corrected chi connectivity index (χ3v) is 7.59. The SMILES string of the molecule is CC(C[C@@H](CC(=O)O)NC(=O)c1cc(-c2ccccc2C(F)(F)F)n(C2CCCC2)n1)N1CCC(F)(F)C1.O=C(O)C(F)(F)F. The molecule has 1 aromatic heterocycles. The largest absolute Gasteiger partial charge is 0.490 e. The minimum Gasteiger partial charge on any atom is -0.481 e. The van der Waals surface area contributed by atoms with Crippen molar-refractivity contribution < 1.29 is 59.7 Å². The number of hydrogen-bond acceptors (Lipinski definition) is 5. The van der Waals surface area contributed by atoms with Gasteiger partial charge in [0.2, 0.25) is 0 Å². The Balaban J connectivity index is 0.000000707. The number of amides is 1. The number of hydrogen-bond donors (Lipinski definition) is 3. The summed E-state index contributed by atoms with van der Waals surface area (Å²) in [5.41, 5.74) is -0.896. The minimum atomic E-state index is -5.08. The number of halogens is 8. The number of carbonyl (C=O) groups is 3. The lowest BCUT2D eigenvalue weighted by Gasteiger charge is -2.28. The summed E-state index contributed by atoms with van der Waals surface area (Å²) >= 11 is 0. The summed E-state index contributed by atoms with van der Waals surface area (Å²) in [5, 5.41) is 23.5. The number of aromatic nitrogens is 2. The van der Waals surface area contributed by atoms with Gasteiger partial charge >= 0.3 is 24.3 Å². The maximum Gasteiger partial charge on any atom is 0.490 e. The highest BCUT2D eigenvalue weighted by Gasteiger charge is 2.41. The number of nitrogens with one attached hydrogen (secondary N) is 1. The summed E-state index contributed by atoms with van der Waals surface area (Å²) < 4.78 is 102. The number of rotatable bonds is 9. The van der Waals surface area contributed by atoms with E-state index < -0.39 is 66.7 Å². The molecule has 2 fully saturated rings. The van der Waals surface area contributed by atoms with E-state index in [1.807, 2.05) is 0 Å². The average Bonchev–Trinajstić information content (AvgIpc) is 3.67. The van der Waals surface area contributed by atoms with E-state index in [1.165, 1.54) is 28.9 Å². The van der Waals surface area contributed by atoms with Crippen molar-refractivity contribution in [2.75, 3.05) is 13.1 Å². The fraction of sp³-hybridized carbons (Fsp3) is 0.571. The van der Waals surface area contributed by atoms with Crippen molar-refractivity contribution in [1.29, 1.82) is 0 Å². The molecule has 3 N–H and O–H groups in total. The molecule has 2 heterocycles. The van der Waals surface area contributed by atoms with E-state index in [0.29, 0.717) is 12.8 Å². The van der Waals surface area contributed by atoms with Gasteiger partial charge in [0.05, 0.1) is 30.3 Å². The summed E-state index contributed by atoms with van der Waals surface area (Å²) in [6.07, 6.45) is -7.10. The highest BCUT2D eigenvalue weighted by Crippen LogP contribution is 2.40. The molecule has 1 amide bonds. The van der Waals surface area contributed by atoms with Crippen LogP contribution >= 0.6 is 0 Å². The quantitative estimate of drug-likeness (QED) is 0.283. The van der Waals surface area contributed by atoms with E-state index in [9.17, 15) is 49.8 Å². The number of nitrogens with zero attached hydrogens (tertiary/aromatic N) is 3. The van der Waals surface area contributed by atoms with Crippen LogP contribution in [-0.4, -0.2) is 80.0 Å². The van der Waals surface area contributed by atoms with E-state index in [1.54, 1.807) is 11.8 Å². The Bertz CT molecular complexity index is 1360. The number of benzene rings is 1. The Morgan fingerprint density at radius 1 is 1.07 bits per heavy atom. The van der Waals surface area contributed by atoms with Crippen molar-refractivity contribution in [2.24, 2.45) is 0 Å². The molecule has 1 saturated carbocycles. The van der Waals surface area contributed by atoms with Gasteiger partial charge in [0.25, 0.3) is 11.8 Å². The van der Waals surface area contributed by atoms with Crippen LogP contribution in [0.1, 0.15) is 74.0 Å². The molecule has 250 valence electrons. The van der Waals surface area contributed by atoms with E-state index in [-0.39, 0.29) is 42.4 Å². The molecular formula is C28H32F8N4O5. The first-order valence-electron chi connectivity index (χ1n) is 14.0. The molecule has 2 aliphatic rings. The van der Waals surface area contributed by atoms with Gasteiger partial charge in [-0.05, 0) is 38.3 Å². The first-order valence-corrected chi connectivity index (χ1v) is 14.0. The van der Waals surface area contributed by atoms with Gasteiger partial charge in [-0.25, -0.2) is 13.6 Å². The second-order valence-electron chi connectivity index (χ2n) is 11.1. The standard InChI is InChI=1S/C26H31F5N4O3.C2HF3O2/c1-16(34-11-10-25(27,28)15-34)12-17(13-23(36)37)32-24(38)21-14-22(35(33-21)18-6-2-3-7-18)19-8-4-5-9-20(19)26(29,30)31;3-2(4,5)1(6)7/h4-5,8-9,14,16-18H,2-3,6-7,10-13,15H2,1H3,(H,32,38)(H,36,37);(H,6,7)/t16?,17-;/m0./s1. The Labute approximate surface area is 252 Å². The molecule has 0 radical (unpaired) electrons. The second kappa shape index (κ2) is 14.1. The van der Waals surface area contributed by atoms with Crippen LogP contribution < -0.4 is 5.32 Å². The van der Waals surface area contributed by atoms with E-state index in [2.05, 4.69) is 10.4 Å². The zero-order chi connectivity index (χ0) is 33.7. The van der Waals surface area contributed by atoms with Gasteiger partial charge in [-0.2, -0.15) is 31.4 Å². The third-order valence-electron chi connectivity index (χ3n) is 7.59. The van der Waals surface area contributed by atoms with Crippen molar-refractivity contribution in [2.45, 2.75) is 88.3 Å². The molecule has 0 bridgehead atoms. The van der Waals surface area contributed by atoms with Crippen LogP contribution in [0.3, 0.4) is 0 Å². The molecular weight excluding hydrogens is 624 g/mol. The van der Waals surface area contributed by atoms with Crippen molar-refractivity contribution >= 4 is 17.8 Å². The monoisotopic (exact) mass is 656 g/mol. The summed E-state index contributed by atoms with van der Waals surface area (Å²) in [4.78, 5) is 35.1. The van der Waals surface area contributed by atoms with Crippen LogP contribution in [0.25, 0.3) is 11.3 Å². The molecule has 1 saturated heterocycles. The molecule has 45 heavy (non-hydrogen) atoms. The summed E-state index contributed by atoms with van der Waals surface area (Å²) in [6.45, 7) is 1.43. The smallest absolute Gasteiger partial charge is 0.481 e. The van der Waals surface area contributed by atoms with Crippen molar-refractivity contribution in [1.82, 2.24) is 20.0 Å². The summed E-state index contributed by atoms with van der Waals surface area (Å²) in [6, 6.07) is 4.94. The lowest BCUT2D eigenvalue weighted by molar-refractivity contribution is -0.192. The van der Waals surface area contributed by atoms with E-state index >= 15 is 0 Å². The maximum absolute atomic E-state index is 13.8. The van der Waals surface area contributed by atoms with E-state index in [4.69, 9.17) is 9.90 Å². The number of carboxylic acid groups (broad SMARTS) is 2. The Morgan fingerprint density at radius 2 is 1.67 bits per heavy atom. The Hall–Kier alpha value is -3.76. The molecule has 2 aromatic rings. The molecule has 17 heteroatoms. The molecule has 0 spiro atoms. The number of likely N-dealkylation sites (tertiary alicyclic amines) is 1. The zero-order valence-corrected chi connectivity index (χ0v) is 24.0. The molecule has 1 aliphatic heterocycles. The van der Waals surface area contributed by atoms with Crippen LogP contribution in [-0.2, 0) is 15.8 Å². The van der Waals surface area contributed by atoms with Crippen LogP contribution in [0.15, 0.2) is 30.3 Å². The van der Waals surface area contributed by atoms with Gasteiger partial charge in [0.1, 0.15) is 0 Å². The average molecular weight is 657 g/mol. The van der Waals surface area contributed by atoms with Crippen LogP contribution in [0.4, 0.5) is 35.1 Å². The normalized spacial score (nSPS) is 18.6. The van der Waals surface area contributed by atoms with Crippen molar-refractivity contribution in [3.63, 3.8) is 0 Å². The van der Waals surface area contributed by atoms with Gasteiger partial charge in [0, 0.05) is 30.6 Å². The maximum atomic E-state index is 13.8. The minimum absolute atomic E-state index is 0.0934. The lowest BCUT2D eigenvalue weighted by Crippen LogP contribution is -2.43. The topological polar surface area (TPSA) is 125 Å². The van der Waals surface area contributed by atoms with Gasteiger partial charge < -0.3 is 15.5 Å². The predicted octanol–water partition coefficient (Wildman–Crippen LogP) is 6.01. The number of alkyl halides is 8. The molecule has 2 atom stereocenters. The Morgan fingerprint density at radius 3 is 2.18 bits per heavy atom. The molecule has 1 unspecified atom stereocenters. The number of aliphatic carboxylic acids is 2. The van der Waals surface area contributed by atoms with Crippen LogP contribution in [0.2, 0.25) is 0 Å². The highest BCUT2D eigenvalue weighted by molar-refractivity contribution is 5.94. The first-order chi connectivity index (χ1) is 20.8. The van der Waals surface area contributed by atoms with Crippen molar-refractivity contribution in [3.05, 3.63) is 41.6 Å². The zero-order valence-electron chi connectivity index (χ0n) is 24.0. The molecule has 1 aromatic carbocycles. The summed E-state index contributed by atoms with van der Waals surface area (Å²) in [5.74, 6) is -7.47. The van der Waals surface area contributed by atoms with Gasteiger partial charge in [0.15, 0.2) is 5.69 Å². The van der Waals surface area contributed by atoms with Gasteiger partial charge in [-0.3, -0.25) is 19.2 Å². The van der Waals surface area contributed by atoms with Crippen LogP contribution in [0.5, 0.6) is 0 Å². The van der Waals surface area contributed by atoms with Gasteiger partial charge in [-0.1, -0.05) is 31.0 Å². The fourth-order valence-electron chi connectivity index (χ4n) is 5.45. The Kier molecular flexibility index (Phi) is 11.2.